The Balaban J connectivity index is 2.50. The van der Waals surface area contributed by atoms with E-state index in [1.807, 2.05) is 6.92 Å². The summed E-state index contributed by atoms with van der Waals surface area (Å²) in [5, 5.41) is 11.2. The summed E-state index contributed by atoms with van der Waals surface area (Å²) < 4.78 is 0. The molecule has 0 aromatic rings. The number of aldehydes is 1. The number of rotatable bonds is 5. The molecular formula is C22H36O2. The summed E-state index contributed by atoms with van der Waals surface area (Å²) >= 11 is 0. The number of fused-ring (bicyclic) bond motifs is 1. The van der Waals surface area contributed by atoms with Gasteiger partial charge in [0.15, 0.2) is 0 Å². The number of aliphatic hydroxyl groups excluding tert-OH is 1. The molecule has 1 N–H and O–H groups in total. The second-order valence-electron chi connectivity index (χ2n) is 8.51. The summed E-state index contributed by atoms with van der Waals surface area (Å²) in [4.78, 5) is 11.2. The smallest absolute Gasteiger partial charge is 0.142 e. The second-order valence-corrected chi connectivity index (χ2v) is 8.51. The van der Waals surface area contributed by atoms with Gasteiger partial charge in [-0.15, -0.1) is 0 Å². The van der Waals surface area contributed by atoms with Gasteiger partial charge < -0.3 is 5.11 Å². The van der Waals surface area contributed by atoms with Crippen LogP contribution in [0, 0.1) is 28.6 Å². The van der Waals surface area contributed by atoms with E-state index < -0.39 is 0 Å². The Morgan fingerprint density at radius 2 is 2.00 bits per heavy atom. The van der Waals surface area contributed by atoms with Gasteiger partial charge in [0.25, 0.3) is 0 Å². The molecule has 2 aliphatic rings. The zero-order valence-electron chi connectivity index (χ0n) is 16.2. The molecule has 0 heterocycles. The van der Waals surface area contributed by atoms with Crippen molar-refractivity contribution in [2.24, 2.45) is 28.6 Å². The standard InChI is InChI=1S/C22H36O2/c1-6-9-18-17-11-10-16(12-14-23)22(5,13-7-2)20(17)19(24)15-21(18,4)8-3/h7,12-14,17-20,24H,6,8-11,15H2,1-5H3/b13-7-,16-12-. The lowest BCUT2D eigenvalue weighted by Crippen LogP contribution is -2.55. The van der Waals surface area contributed by atoms with Crippen molar-refractivity contribution in [3.05, 3.63) is 23.8 Å². The van der Waals surface area contributed by atoms with Crippen molar-refractivity contribution in [2.75, 3.05) is 0 Å². The van der Waals surface area contributed by atoms with Gasteiger partial charge in [0, 0.05) is 11.3 Å². The highest BCUT2D eigenvalue weighted by atomic mass is 16.3. The molecule has 0 aromatic heterocycles. The first-order valence-corrected chi connectivity index (χ1v) is 9.84. The molecular weight excluding hydrogens is 296 g/mol. The maximum absolute atomic E-state index is 11.2. The SMILES string of the molecule is C/C=C\C1(C)/C(=C\C=O)CCC2C(CCC)C(C)(CC)CC(O)C21. The average Bonchev–Trinajstić information content (AvgIpc) is 2.53. The minimum absolute atomic E-state index is 0.195. The Labute approximate surface area is 148 Å². The number of carbonyl (C=O) groups excluding carboxylic acids is 1. The van der Waals surface area contributed by atoms with Crippen LogP contribution in [-0.2, 0) is 4.79 Å². The number of hydrogen-bond donors (Lipinski definition) is 1. The van der Waals surface area contributed by atoms with Crippen molar-refractivity contribution < 1.29 is 9.90 Å². The fourth-order valence-corrected chi connectivity index (χ4v) is 6.03. The lowest BCUT2D eigenvalue weighted by Gasteiger charge is -2.59. The van der Waals surface area contributed by atoms with Crippen LogP contribution >= 0.6 is 0 Å². The van der Waals surface area contributed by atoms with Crippen LogP contribution in [0.3, 0.4) is 0 Å². The lowest BCUT2D eigenvalue weighted by molar-refractivity contribution is -0.118. The van der Waals surface area contributed by atoms with E-state index in [2.05, 4.69) is 39.8 Å². The predicted octanol–water partition coefficient (Wildman–Crippen LogP) is 5.32. The summed E-state index contributed by atoms with van der Waals surface area (Å²) in [5.74, 6) is 1.44. The summed E-state index contributed by atoms with van der Waals surface area (Å²) in [6.07, 6.45) is 13.3. The van der Waals surface area contributed by atoms with Gasteiger partial charge in [-0.05, 0) is 55.9 Å². The lowest BCUT2D eigenvalue weighted by atomic mass is 9.46. The minimum Gasteiger partial charge on any atom is -0.393 e. The Morgan fingerprint density at radius 3 is 2.54 bits per heavy atom. The van der Waals surface area contributed by atoms with Crippen LogP contribution in [0.2, 0.25) is 0 Å². The molecule has 0 radical (unpaired) electrons. The fraction of sp³-hybridized carbons (Fsp3) is 0.773. The molecule has 6 unspecified atom stereocenters. The van der Waals surface area contributed by atoms with Crippen molar-refractivity contribution >= 4 is 6.29 Å². The van der Waals surface area contributed by atoms with Crippen LogP contribution in [0.25, 0.3) is 0 Å². The van der Waals surface area contributed by atoms with E-state index in [0.717, 1.165) is 32.0 Å². The Morgan fingerprint density at radius 1 is 1.29 bits per heavy atom. The minimum atomic E-state index is -0.287. The molecule has 2 nitrogen and oxygen atoms in total. The van der Waals surface area contributed by atoms with Crippen molar-refractivity contribution in [3.8, 4) is 0 Å². The third-order valence-corrected chi connectivity index (χ3v) is 7.28. The molecule has 6 atom stereocenters. The predicted molar refractivity (Wildman–Crippen MR) is 101 cm³/mol. The van der Waals surface area contributed by atoms with E-state index >= 15 is 0 Å². The summed E-state index contributed by atoms with van der Waals surface area (Å²) in [7, 11) is 0. The normalized spacial score (nSPS) is 44.7. The summed E-state index contributed by atoms with van der Waals surface area (Å²) in [5.41, 5.74) is 1.24. The van der Waals surface area contributed by atoms with Crippen molar-refractivity contribution in [1.29, 1.82) is 0 Å². The molecule has 2 saturated carbocycles. The van der Waals surface area contributed by atoms with Gasteiger partial charge in [-0.2, -0.15) is 0 Å². The van der Waals surface area contributed by atoms with Crippen LogP contribution in [0.4, 0.5) is 0 Å². The van der Waals surface area contributed by atoms with Crippen LogP contribution < -0.4 is 0 Å². The largest absolute Gasteiger partial charge is 0.393 e. The van der Waals surface area contributed by atoms with Crippen LogP contribution in [0.5, 0.6) is 0 Å². The second kappa shape index (κ2) is 7.56. The maximum atomic E-state index is 11.2. The molecule has 2 aliphatic carbocycles. The van der Waals surface area contributed by atoms with E-state index in [1.165, 1.54) is 18.4 Å². The topological polar surface area (TPSA) is 37.3 Å². The van der Waals surface area contributed by atoms with Crippen LogP contribution in [0.15, 0.2) is 23.8 Å². The first-order valence-electron chi connectivity index (χ1n) is 9.84. The number of allylic oxidation sites excluding steroid dienone is 4. The van der Waals surface area contributed by atoms with Gasteiger partial charge in [0.1, 0.15) is 6.29 Å². The molecule has 0 aromatic carbocycles. The molecule has 0 amide bonds. The molecule has 2 rings (SSSR count). The molecule has 0 aliphatic heterocycles. The highest BCUT2D eigenvalue weighted by Crippen LogP contribution is 2.61. The van der Waals surface area contributed by atoms with E-state index in [9.17, 15) is 9.90 Å². The number of carbonyl (C=O) groups is 1. The first-order chi connectivity index (χ1) is 11.4. The molecule has 0 spiro atoms. The Kier molecular flexibility index (Phi) is 6.12. The van der Waals surface area contributed by atoms with Gasteiger partial charge in [0.2, 0.25) is 0 Å². The van der Waals surface area contributed by atoms with Gasteiger partial charge >= 0.3 is 0 Å². The first kappa shape index (κ1) is 19.4. The molecule has 2 heteroatoms. The Hall–Kier alpha value is -0.890. The van der Waals surface area contributed by atoms with Crippen LogP contribution in [-0.4, -0.2) is 17.5 Å². The van der Waals surface area contributed by atoms with Crippen LogP contribution in [0.1, 0.15) is 73.1 Å². The summed E-state index contributed by atoms with van der Waals surface area (Å²) in [6.45, 7) is 11.2. The quantitative estimate of drug-likeness (QED) is 0.420. The van der Waals surface area contributed by atoms with Gasteiger partial charge in [0.05, 0.1) is 6.10 Å². The van der Waals surface area contributed by atoms with E-state index in [0.29, 0.717) is 11.8 Å². The highest BCUT2D eigenvalue weighted by molar-refractivity contribution is 5.67. The van der Waals surface area contributed by atoms with Gasteiger partial charge in [-0.3, -0.25) is 4.79 Å². The van der Waals surface area contributed by atoms with E-state index in [-0.39, 0.29) is 22.9 Å². The number of aliphatic hydroxyl groups is 1. The molecule has 2 fully saturated rings. The Bertz CT molecular complexity index is 506. The molecule has 136 valence electrons. The van der Waals surface area contributed by atoms with E-state index in [1.54, 1.807) is 6.08 Å². The van der Waals surface area contributed by atoms with E-state index in [4.69, 9.17) is 0 Å². The third-order valence-electron chi connectivity index (χ3n) is 7.28. The average molecular weight is 333 g/mol. The third kappa shape index (κ3) is 3.14. The fourth-order valence-electron chi connectivity index (χ4n) is 6.03. The monoisotopic (exact) mass is 332 g/mol. The van der Waals surface area contributed by atoms with Crippen molar-refractivity contribution in [3.63, 3.8) is 0 Å². The highest BCUT2D eigenvalue weighted by Gasteiger charge is 2.56. The maximum Gasteiger partial charge on any atom is 0.142 e. The molecule has 0 bridgehead atoms. The summed E-state index contributed by atoms with van der Waals surface area (Å²) in [6, 6.07) is 0. The van der Waals surface area contributed by atoms with Gasteiger partial charge in [-0.1, -0.05) is 58.3 Å². The van der Waals surface area contributed by atoms with Crippen molar-refractivity contribution in [1.82, 2.24) is 0 Å². The van der Waals surface area contributed by atoms with Crippen molar-refractivity contribution in [2.45, 2.75) is 79.2 Å². The molecule has 24 heavy (non-hydrogen) atoms. The number of hydrogen-bond acceptors (Lipinski definition) is 2. The van der Waals surface area contributed by atoms with Gasteiger partial charge in [-0.25, -0.2) is 0 Å². The zero-order valence-corrected chi connectivity index (χ0v) is 16.2. The zero-order chi connectivity index (χ0) is 18.0. The molecule has 0 saturated heterocycles.